The predicted octanol–water partition coefficient (Wildman–Crippen LogP) is 4.00. The normalized spacial score (nSPS) is 21.0. The number of hydrogen-bond acceptors (Lipinski definition) is 7. The number of aromatic hydroxyl groups is 1. The minimum absolute atomic E-state index is 0.0277. The summed E-state index contributed by atoms with van der Waals surface area (Å²) in [4.78, 5) is 27.6. The van der Waals surface area contributed by atoms with Crippen molar-refractivity contribution in [2.24, 2.45) is 0 Å². The van der Waals surface area contributed by atoms with Crippen LogP contribution >= 0.6 is 11.3 Å². The summed E-state index contributed by atoms with van der Waals surface area (Å²) in [6.45, 7) is 2.27. The maximum Gasteiger partial charge on any atom is 0.336 e. The Morgan fingerprint density at radius 2 is 1.97 bits per heavy atom. The number of phenols is 1. The molecule has 2 atom stereocenters. The molecule has 162 valence electrons. The molecule has 0 spiro atoms. The van der Waals surface area contributed by atoms with Gasteiger partial charge in [0, 0.05) is 47.2 Å². The number of benzene rings is 1. The second-order valence-corrected chi connectivity index (χ2v) is 8.73. The summed E-state index contributed by atoms with van der Waals surface area (Å²) in [7, 11) is 1.54. The topological polar surface area (TPSA) is 84.9 Å². The Morgan fingerprint density at radius 3 is 2.65 bits per heavy atom. The van der Waals surface area contributed by atoms with Crippen LogP contribution in [-0.4, -0.2) is 37.2 Å². The summed E-state index contributed by atoms with van der Waals surface area (Å²) in [5, 5.41) is 15.1. The minimum atomic E-state index is -0.538. The van der Waals surface area contributed by atoms with Crippen LogP contribution in [0.3, 0.4) is 0 Å². The zero-order chi connectivity index (χ0) is 22.0. The van der Waals surface area contributed by atoms with E-state index in [4.69, 9.17) is 9.47 Å². The van der Waals surface area contributed by atoms with Crippen molar-refractivity contribution in [1.82, 2.24) is 5.32 Å². The van der Waals surface area contributed by atoms with E-state index in [2.05, 4.69) is 11.4 Å². The molecule has 1 aliphatic heterocycles. The highest BCUT2D eigenvalue weighted by molar-refractivity contribution is 7.10. The zero-order valence-electron chi connectivity index (χ0n) is 17.5. The summed E-state index contributed by atoms with van der Waals surface area (Å²) < 4.78 is 10.4. The zero-order valence-corrected chi connectivity index (χ0v) is 18.3. The first-order valence-corrected chi connectivity index (χ1v) is 11.1. The van der Waals surface area contributed by atoms with Crippen molar-refractivity contribution >= 4 is 23.1 Å². The number of dihydropyridines is 1. The third kappa shape index (κ3) is 4.29. The van der Waals surface area contributed by atoms with Gasteiger partial charge in [0.1, 0.15) is 12.4 Å². The Kier molecular flexibility index (Phi) is 6.25. The molecule has 0 unspecified atom stereocenters. The SMILES string of the molecule is COCCOC(=O)C1=C(C)NC2=C(C(=O)C[C@H](c3cccs3)C2)[C@@H]1c1ccc(O)cc1. The van der Waals surface area contributed by atoms with Gasteiger partial charge < -0.3 is 19.9 Å². The summed E-state index contributed by atoms with van der Waals surface area (Å²) in [5.41, 5.74) is 3.34. The third-order valence-electron chi connectivity index (χ3n) is 5.74. The fraction of sp³-hybridized carbons (Fsp3) is 0.333. The van der Waals surface area contributed by atoms with E-state index in [9.17, 15) is 14.7 Å². The summed E-state index contributed by atoms with van der Waals surface area (Å²) in [5.74, 6) is -0.727. The van der Waals surface area contributed by atoms with Gasteiger partial charge in [0.15, 0.2) is 5.78 Å². The van der Waals surface area contributed by atoms with Crippen molar-refractivity contribution in [3.63, 3.8) is 0 Å². The standard InChI is InChI=1S/C24H25NO5S/c1-14-21(24(28)30-10-9-29-2)22(15-5-7-17(26)8-6-15)23-18(25-14)12-16(13-19(23)27)20-4-3-11-31-20/h3-8,11,16,22,25-26H,9-10,12-13H2,1-2H3/t16-,22-/m1/s1. The average molecular weight is 440 g/mol. The number of allylic oxidation sites excluding steroid dienone is 3. The quantitative estimate of drug-likeness (QED) is 0.523. The van der Waals surface area contributed by atoms with Crippen molar-refractivity contribution in [2.75, 3.05) is 20.3 Å². The molecule has 0 bridgehead atoms. The first-order chi connectivity index (χ1) is 15.0. The molecule has 1 aromatic carbocycles. The molecule has 2 aliphatic rings. The van der Waals surface area contributed by atoms with E-state index in [1.54, 1.807) is 42.7 Å². The smallest absolute Gasteiger partial charge is 0.336 e. The molecule has 4 rings (SSSR count). The number of methoxy groups -OCH3 is 1. The van der Waals surface area contributed by atoms with Crippen LogP contribution in [0.1, 0.15) is 42.0 Å². The molecule has 31 heavy (non-hydrogen) atoms. The Hall–Kier alpha value is -2.90. The van der Waals surface area contributed by atoms with E-state index in [1.165, 1.54) is 4.88 Å². The highest BCUT2D eigenvalue weighted by atomic mass is 32.1. The van der Waals surface area contributed by atoms with Crippen LogP contribution in [0, 0.1) is 0 Å². The molecular formula is C24H25NO5S. The largest absolute Gasteiger partial charge is 0.508 e. The van der Waals surface area contributed by atoms with Gasteiger partial charge in [0.05, 0.1) is 12.2 Å². The maximum atomic E-state index is 13.4. The van der Waals surface area contributed by atoms with Gasteiger partial charge in [-0.1, -0.05) is 18.2 Å². The highest BCUT2D eigenvalue weighted by Gasteiger charge is 2.41. The van der Waals surface area contributed by atoms with Gasteiger partial charge in [-0.15, -0.1) is 11.3 Å². The van der Waals surface area contributed by atoms with Crippen LogP contribution in [-0.2, 0) is 19.1 Å². The second kappa shape index (κ2) is 9.08. The molecule has 2 N–H and O–H groups in total. The Balaban J connectivity index is 1.74. The monoisotopic (exact) mass is 439 g/mol. The van der Waals surface area contributed by atoms with Gasteiger partial charge in [-0.2, -0.15) is 0 Å². The van der Waals surface area contributed by atoms with Crippen LogP contribution in [0.5, 0.6) is 5.75 Å². The number of thiophene rings is 1. The number of ether oxygens (including phenoxy) is 2. The average Bonchev–Trinajstić information content (AvgIpc) is 3.28. The van der Waals surface area contributed by atoms with Crippen molar-refractivity contribution in [3.8, 4) is 5.75 Å². The van der Waals surface area contributed by atoms with E-state index in [0.29, 0.717) is 36.3 Å². The molecule has 2 heterocycles. The summed E-state index contributed by atoms with van der Waals surface area (Å²) in [6.07, 6.45) is 1.11. The second-order valence-electron chi connectivity index (χ2n) is 7.75. The van der Waals surface area contributed by atoms with Crippen LogP contribution < -0.4 is 5.32 Å². The molecule has 0 saturated carbocycles. The van der Waals surface area contributed by atoms with Gasteiger partial charge in [0.2, 0.25) is 0 Å². The fourth-order valence-corrected chi connectivity index (χ4v) is 5.16. The molecule has 6 nitrogen and oxygen atoms in total. The first-order valence-electron chi connectivity index (χ1n) is 10.2. The lowest BCUT2D eigenvalue weighted by Crippen LogP contribution is -2.36. The molecule has 1 aliphatic carbocycles. The minimum Gasteiger partial charge on any atom is -0.508 e. The lowest BCUT2D eigenvalue weighted by Gasteiger charge is -2.36. The van der Waals surface area contributed by atoms with Gasteiger partial charge in [0.25, 0.3) is 0 Å². The van der Waals surface area contributed by atoms with Gasteiger partial charge in [-0.05, 0) is 42.5 Å². The van der Waals surface area contributed by atoms with Gasteiger partial charge in [-0.3, -0.25) is 4.79 Å². The lowest BCUT2D eigenvalue weighted by molar-refractivity contribution is -0.140. The van der Waals surface area contributed by atoms with Crippen LogP contribution in [0.2, 0.25) is 0 Å². The number of nitrogens with one attached hydrogen (secondary N) is 1. The number of esters is 1. The van der Waals surface area contributed by atoms with Crippen LogP contribution in [0.15, 0.2) is 64.3 Å². The summed E-state index contributed by atoms with van der Waals surface area (Å²) >= 11 is 1.66. The van der Waals surface area contributed by atoms with Crippen LogP contribution in [0.25, 0.3) is 0 Å². The van der Waals surface area contributed by atoms with Crippen molar-refractivity contribution in [2.45, 2.75) is 31.6 Å². The highest BCUT2D eigenvalue weighted by Crippen LogP contribution is 2.46. The maximum absolute atomic E-state index is 13.4. The molecular weight excluding hydrogens is 414 g/mol. The Morgan fingerprint density at radius 1 is 1.19 bits per heavy atom. The molecule has 2 aromatic rings. The number of phenolic OH excluding ortho intramolecular Hbond substituents is 1. The molecule has 0 radical (unpaired) electrons. The molecule has 1 aromatic heterocycles. The van der Waals surface area contributed by atoms with Crippen molar-refractivity contribution in [3.05, 3.63) is 74.8 Å². The van der Waals surface area contributed by atoms with E-state index >= 15 is 0 Å². The van der Waals surface area contributed by atoms with E-state index < -0.39 is 11.9 Å². The number of ketones is 1. The third-order valence-corrected chi connectivity index (χ3v) is 6.77. The number of rotatable bonds is 6. The fourth-order valence-electron chi connectivity index (χ4n) is 4.33. The predicted molar refractivity (Wildman–Crippen MR) is 118 cm³/mol. The number of Topliss-reactive ketones (excluding diaryl/α,β-unsaturated/α-hetero) is 1. The molecule has 0 saturated heterocycles. The van der Waals surface area contributed by atoms with Gasteiger partial charge >= 0.3 is 5.97 Å². The van der Waals surface area contributed by atoms with Crippen molar-refractivity contribution < 1.29 is 24.2 Å². The van der Waals surface area contributed by atoms with E-state index in [1.807, 2.05) is 18.4 Å². The van der Waals surface area contributed by atoms with E-state index in [0.717, 1.165) is 11.3 Å². The number of hydrogen-bond donors (Lipinski definition) is 2. The van der Waals surface area contributed by atoms with Crippen LogP contribution in [0.4, 0.5) is 0 Å². The van der Waals surface area contributed by atoms with Crippen molar-refractivity contribution in [1.29, 1.82) is 0 Å². The Labute approximate surface area is 185 Å². The summed E-state index contributed by atoms with van der Waals surface area (Å²) in [6, 6.07) is 10.7. The molecule has 7 heteroatoms. The number of carbonyl (C=O) groups is 2. The first kappa shape index (κ1) is 21.3. The molecule has 0 fully saturated rings. The Bertz CT molecular complexity index is 1040. The van der Waals surface area contributed by atoms with E-state index in [-0.39, 0.29) is 24.1 Å². The number of carbonyl (C=O) groups excluding carboxylic acids is 2. The lowest BCUT2D eigenvalue weighted by atomic mass is 9.72. The van der Waals surface area contributed by atoms with Gasteiger partial charge in [-0.25, -0.2) is 4.79 Å². The molecule has 0 amide bonds.